The summed E-state index contributed by atoms with van der Waals surface area (Å²) in [6.45, 7) is 3.05. The number of nitrogens with one attached hydrogen (secondary N) is 1. The fraction of sp³-hybridized carbons (Fsp3) is 0.667. The molecule has 28 heavy (non-hydrogen) atoms. The number of amides is 2. The number of rotatable bonds is 4. The van der Waals surface area contributed by atoms with E-state index in [1.165, 1.54) is 11.8 Å². The van der Waals surface area contributed by atoms with Crippen molar-refractivity contribution in [2.75, 3.05) is 73.9 Å². The van der Waals surface area contributed by atoms with E-state index in [1.807, 2.05) is 9.80 Å². The SMILES string of the molecule is CNC(=O)N1CCN(c2nc(SC)c([N+](=O)[O-])c(N3CCS(=O)CC3)n2)CC1. The van der Waals surface area contributed by atoms with E-state index in [0.29, 0.717) is 61.7 Å². The number of hydrogen-bond acceptors (Lipinski definition) is 9. The maximum atomic E-state index is 11.8. The van der Waals surface area contributed by atoms with Gasteiger partial charge in [0.1, 0.15) is 0 Å². The summed E-state index contributed by atoms with van der Waals surface area (Å²) in [5.74, 6) is 1.64. The number of urea groups is 1. The molecule has 2 fully saturated rings. The molecule has 1 aromatic rings. The molecule has 1 N–H and O–H groups in total. The van der Waals surface area contributed by atoms with E-state index in [4.69, 9.17) is 0 Å². The van der Waals surface area contributed by atoms with E-state index in [-0.39, 0.29) is 17.5 Å². The molecule has 11 nitrogen and oxygen atoms in total. The molecule has 0 atom stereocenters. The number of carbonyl (C=O) groups is 1. The molecule has 0 aromatic carbocycles. The number of nitrogens with zero attached hydrogens (tertiary/aromatic N) is 6. The molecule has 13 heteroatoms. The smallest absolute Gasteiger partial charge is 0.343 e. The van der Waals surface area contributed by atoms with Gasteiger partial charge >= 0.3 is 11.7 Å². The number of piperazine rings is 1. The van der Waals surface area contributed by atoms with Gasteiger partial charge in [0.15, 0.2) is 5.03 Å². The Hall–Kier alpha value is -2.15. The predicted octanol–water partition coefficient (Wildman–Crippen LogP) is 0.137. The number of hydrogen-bond donors (Lipinski definition) is 1. The van der Waals surface area contributed by atoms with E-state index in [1.54, 1.807) is 18.2 Å². The molecule has 2 amide bonds. The van der Waals surface area contributed by atoms with Gasteiger partial charge in [-0.05, 0) is 6.26 Å². The van der Waals surface area contributed by atoms with Crippen molar-refractivity contribution in [1.29, 1.82) is 0 Å². The van der Waals surface area contributed by atoms with Crippen LogP contribution < -0.4 is 15.1 Å². The van der Waals surface area contributed by atoms with Gasteiger partial charge in [0.25, 0.3) is 0 Å². The molecule has 0 bridgehead atoms. The molecule has 0 spiro atoms. The van der Waals surface area contributed by atoms with Crippen LogP contribution in [-0.4, -0.2) is 94.1 Å². The zero-order valence-corrected chi connectivity index (χ0v) is 17.4. The largest absolute Gasteiger partial charge is 0.349 e. The second kappa shape index (κ2) is 8.90. The average molecular weight is 430 g/mol. The normalized spacial score (nSPS) is 18.3. The standard InChI is InChI=1S/C15H23N7O4S2/c1-16-15(23)21-5-3-20(4-6-21)14-17-12(19-7-9-28(26)10-8-19)11(22(24)25)13(18-14)27-2/h3-10H2,1-2H3,(H,16,23). The molecular weight excluding hydrogens is 406 g/mol. The zero-order valence-electron chi connectivity index (χ0n) is 15.8. The Kier molecular flexibility index (Phi) is 6.54. The highest BCUT2D eigenvalue weighted by Crippen LogP contribution is 2.36. The first kappa shape index (κ1) is 20.6. The van der Waals surface area contributed by atoms with Gasteiger partial charge in [-0.3, -0.25) is 14.3 Å². The fourth-order valence-electron chi connectivity index (χ4n) is 3.19. The number of nitro groups is 1. The minimum atomic E-state index is -0.892. The van der Waals surface area contributed by atoms with Crippen molar-refractivity contribution in [3.8, 4) is 0 Å². The first-order chi connectivity index (χ1) is 13.4. The summed E-state index contributed by atoms with van der Waals surface area (Å²) in [4.78, 5) is 37.5. The Bertz CT molecular complexity index is 776. The molecule has 2 aliphatic rings. The fourth-order valence-corrected chi connectivity index (χ4v) is 4.78. The molecule has 0 unspecified atom stereocenters. The second-order valence-corrected chi connectivity index (χ2v) is 8.82. The van der Waals surface area contributed by atoms with Crippen LogP contribution in [0.2, 0.25) is 0 Å². The van der Waals surface area contributed by atoms with Crippen LogP contribution in [0.3, 0.4) is 0 Å². The van der Waals surface area contributed by atoms with Crippen molar-refractivity contribution in [3.63, 3.8) is 0 Å². The Morgan fingerprint density at radius 3 is 2.32 bits per heavy atom. The Balaban J connectivity index is 1.90. The van der Waals surface area contributed by atoms with Crippen molar-refractivity contribution in [2.24, 2.45) is 0 Å². The zero-order chi connectivity index (χ0) is 20.3. The maximum absolute atomic E-state index is 11.8. The topological polar surface area (TPSA) is 125 Å². The minimum absolute atomic E-state index is 0.104. The quantitative estimate of drug-likeness (QED) is 0.308. The Morgan fingerprint density at radius 1 is 1.14 bits per heavy atom. The molecule has 2 aliphatic heterocycles. The van der Waals surface area contributed by atoms with Gasteiger partial charge in [0.05, 0.1) is 4.92 Å². The van der Waals surface area contributed by atoms with Gasteiger partial charge in [-0.1, -0.05) is 0 Å². The monoisotopic (exact) mass is 429 g/mol. The molecule has 3 rings (SSSR count). The highest BCUT2D eigenvalue weighted by molar-refractivity contribution is 7.98. The molecule has 1 aromatic heterocycles. The summed E-state index contributed by atoms with van der Waals surface area (Å²) in [5.41, 5.74) is -0.104. The molecule has 0 radical (unpaired) electrons. The highest BCUT2D eigenvalue weighted by atomic mass is 32.2. The number of anilines is 2. The number of carbonyl (C=O) groups excluding carboxylic acids is 1. The minimum Gasteiger partial charge on any atom is -0.349 e. The van der Waals surface area contributed by atoms with Crippen molar-refractivity contribution >= 4 is 46.0 Å². The lowest BCUT2D eigenvalue weighted by molar-refractivity contribution is -0.387. The number of thioether (sulfide) groups is 1. The van der Waals surface area contributed by atoms with Crippen LogP contribution in [0, 0.1) is 10.1 Å². The summed E-state index contributed by atoms with van der Waals surface area (Å²) in [6.07, 6.45) is 1.75. The third kappa shape index (κ3) is 4.29. The van der Waals surface area contributed by atoms with Gasteiger partial charge < -0.3 is 20.0 Å². The first-order valence-corrected chi connectivity index (χ1v) is 11.6. The molecule has 2 saturated heterocycles. The summed E-state index contributed by atoms with van der Waals surface area (Å²) < 4.78 is 11.7. The van der Waals surface area contributed by atoms with Crippen LogP contribution >= 0.6 is 11.8 Å². The molecule has 3 heterocycles. The van der Waals surface area contributed by atoms with Crippen molar-refractivity contribution < 1.29 is 13.9 Å². The second-order valence-electron chi connectivity index (χ2n) is 6.33. The van der Waals surface area contributed by atoms with Crippen LogP contribution in [0.15, 0.2) is 5.03 Å². The molecule has 0 aliphatic carbocycles. The Morgan fingerprint density at radius 2 is 1.79 bits per heavy atom. The van der Waals surface area contributed by atoms with E-state index < -0.39 is 15.7 Å². The lowest BCUT2D eigenvalue weighted by Gasteiger charge is -2.35. The van der Waals surface area contributed by atoms with Crippen molar-refractivity contribution in [1.82, 2.24) is 20.2 Å². The van der Waals surface area contributed by atoms with Gasteiger partial charge in [0.2, 0.25) is 11.8 Å². The van der Waals surface area contributed by atoms with Crippen LogP contribution in [-0.2, 0) is 10.8 Å². The van der Waals surface area contributed by atoms with Gasteiger partial charge in [0, 0.05) is 68.6 Å². The molecule has 154 valence electrons. The third-order valence-electron chi connectivity index (χ3n) is 4.74. The van der Waals surface area contributed by atoms with Crippen molar-refractivity contribution in [2.45, 2.75) is 5.03 Å². The summed E-state index contributed by atoms with van der Waals surface area (Å²) in [7, 11) is 0.702. The lowest BCUT2D eigenvalue weighted by atomic mass is 10.3. The molecule has 0 saturated carbocycles. The van der Waals surface area contributed by atoms with Crippen LogP contribution in [0.1, 0.15) is 0 Å². The molecular formula is C15H23N7O4S2. The summed E-state index contributed by atoms with van der Waals surface area (Å²) in [6, 6.07) is -0.129. The van der Waals surface area contributed by atoms with E-state index in [0.717, 1.165) is 0 Å². The van der Waals surface area contributed by atoms with Crippen molar-refractivity contribution in [3.05, 3.63) is 10.1 Å². The predicted molar refractivity (Wildman–Crippen MR) is 109 cm³/mol. The average Bonchev–Trinajstić information content (AvgIpc) is 2.72. The summed E-state index contributed by atoms with van der Waals surface area (Å²) >= 11 is 1.21. The van der Waals surface area contributed by atoms with Crippen LogP contribution in [0.4, 0.5) is 22.2 Å². The lowest BCUT2D eigenvalue weighted by Crippen LogP contribution is -2.51. The number of aromatic nitrogens is 2. The van der Waals surface area contributed by atoms with Crippen LogP contribution in [0.25, 0.3) is 0 Å². The van der Waals surface area contributed by atoms with E-state index in [9.17, 15) is 19.1 Å². The van der Waals surface area contributed by atoms with Gasteiger partial charge in [-0.25, -0.2) is 4.79 Å². The third-order valence-corrected chi connectivity index (χ3v) is 6.69. The van der Waals surface area contributed by atoms with E-state index in [2.05, 4.69) is 15.3 Å². The van der Waals surface area contributed by atoms with E-state index >= 15 is 0 Å². The first-order valence-electron chi connectivity index (χ1n) is 8.86. The maximum Gasteiger partial charge on any atom is 0.343 e. The van der Waals surface area contributed by atoms with Crippen LogP contribution in [0.5, 0.6) is 0 Å². The Labute approximate surface area is 169 Å². The summed E-state index contributed by atoms with van der Waals surface area (Å²) in [5, 5.41) is 14.6. The highest BCUT2D eigenvalue weighted by Gasteiger charge is 2.32. The van der Waals surface area contributed by atoms with Gasteiger partial charge in [-0.2, -0.15) is 9.97 Å². The van der Waals surface area contributed by atoms with Gasteiger partial charge in [-0.15, -0.1) is 11.8 Å².